The van der Waals surface area contributed by atoms with Gasteiger partial charge in [0.2, 0.25) is 0 Å². The summed E-state index contributed by atoms with van der Waals surface area (Å²) in [6, 6.07) is 15.4. The number of hydrogen-bond acceptors (Lipinski definition) is 6. The molecule has 1 fully saturated rings. The smallest absolute Gasteiger partial charge is 0.335 e. The number of nitrogens with zero attached hydrogens (tertiary/aromatic N) is 3. The number of halogens is 2. The molecule has 10 heteroatoms. The lowest BCUT2D eigenvalue weighted by atomic mass is 9.88. The molecule has 4 aromatic rings. The van der Waals surface area contributed by atoms with Gasteiger partial charge < -0.3 is 14.6 Å². The Bertz CT molecular complexity index is 1660. The number of rotatable bonds is 9. The fraction of sp³-hybridized carbons (Fsp3) is 0.290. The van der Waals surface area contributed by atoms with Crippen LogP contribution in [0, 0.1) is 0 Å². The molecule has 0 aliphatic heterocycles. The van der Waals surface area contributed by atoms with Crippen LogP contribution in [-0.4, -0.2) is 33.6 Å². The SMILES string of the molecule is CCOc1cc(C=Nn2c(C3CCCCC3)nc3ccc(Br)cc3c2=O)cc(Cl)c1OCc1ccc(C(=O)O)cc1. The van der Waals surface area contributed by atoms with Crippen LogP contribution in [0.5, 0.6) is 11.5 Å². The maximum absolute atomic E-state index is 13.6. The van der Waals surface area contributed by atoms with Crippen molar-refractivity contribution < 1.29 is 19.4 Å². The van der Waals surface area contributed by atoms with E-state index < -0.39 is 5.97 Å². The standard InChI is InChI=1S/C31H29BrClN3O5/c1-2-40-27-15-20(14-25(33)28(27)41-18-19-8-10-22(11-9-19)31(38)39)17-34-36-29(21-6-4-3-5-7-21)35-26-13-12-23(32)16-24(26)30(36)37/h8-17,21H,2-7,18H2,1H3,(H,38,39). The first-order valence-electron chi connectivity index (χ1n) is 13.5. The summed E-state index contributed by atoms with van der Waals surface area (Å²) in [7, 11) is 0. The predicted molar refractivity (Wildman–Crippen MR) is 163 cm³/mol. The van der Waals surface area contributed by atoms with Crippen LogP contribution < -0.4 is 15.0 Å². The Labute approximate surface area is 250 Å². The van der Waals surface area contributed by atoms with Crippen LogP contribution in [-0.2, 0) is 6.61 Å². The number of benzene rings is 3. The third-order valence-corrected chi connectivity index (χ3v) is 7.82. The largest absolute Gasteiger partial charge is 0.490 e. The van der Waals surface area contributed by atoms with Gasteiger partial charge >= 0.3 is 5.97 Å². The molecular formula is C31H29BrClN3O5. The Hall–Kier alpha value is -3.69. The normalized spacial score (nSPS) is 14.0. The lowest BCUT2D eigenvalue weighted by Gasteiger charge is -2.22. The first kappa shape index (κ1) is 28.8. The summed E-state index contributed by atoms with van der Waals surface area (Å²) in [6.07, 6.45) is 6.90. The van der Waals surface area contributed by atoms with Crippen molar-refractivity contribution in [1.29, 1.82) is 0 Å². The lowest BCUT2D eigenvalue weighted by molar-refractivity contribution is 0.0697. The molecule has 0 unspecified atom stereocenters. The third kappa shape index (κ3) is 6.63. The van der Waals surface area contributed by atoms with Crippen LogP contribution in [0.4, 0.5) is 0 Å². The molecule has 1 aliphatic rings. The van der Waals surface area contributed by atoms with Crippen molar-refractivity contribution in [1.82, 2.24) is 9.66 Å². The second-order valence-electron chi connectivity index (χ2n) is 9.88. The van der Waals surface area contributed by atoms with E-state index in [1.165, 1.54) is 23.2 Å². The van der Waals surface area contributed by atoms with Crippen LogP contribution in [0.2, 0.25) is 5.02 Å². The summed E-state index contributed by atoms with van der Waals surface area (Å²) in [4.78, 5) is 29.6. The highest BCUT2D eigenvalue weighted by atomic mass is 79.9. The van der Waals surface area contributed by atoms with E-state index in [1.807, 2.05) is 19.1 Å². The number of aromatic nitrogens is 2. The molecule has 8 nitrogen and oxygen atoms in total. The number of aromatic carboxylic acids is 1. The zero-order chi connectivity index (χ0) is 28.9. The van der Waals surface area contributed by atoms with E-state index in [4.69, 9.17) is 31.2 Å². The minimum absolute atomic E-state index is 0.157. The molecule has 5 rings (SSSR count). The van der Waals surface area contributed by atoms with E-state index in [0.717, 1.165) is 35.7 Å². The summed E-state index contributed by atoms with van der Waals surface area (Å²) in [6.45, 7) is 2.42. The van der Waals surface area contributed by atoms with Gasteiger partial charge in [-0.3, -0.25) is 4.79 Å². The second-order valence-corrected chi connectivity index (χ2v) is 11.2. The van der Waals surface area contributed by atoms with Gasteiger partial charge in [0, 0.05) is 10.4 Å². The van der Waals surface area contributed by atoms with E-state index in [1.54, 1.807) is 36.5 Å². The summed E-state index contributed by atoms with van der Waals surface area (Å²) < 4.78 is 14.0. The monoisotopic (exact) mass is 637 g/mol. The molecule has 0 spiro atoms. The van der Waals surface area contributed by atoms with Crippen LogP contribution in [0.3, 0.4) is 0 Å². The average Bonchev–Trinajstić information content (AvgIpc) is 2.97. The van der Waals surface area contributed by atoms with Crippen LogP contribution in [0.1, 0.15) is 72.3 Å². The minimum Gasteiger partial charge on any atom is -0.490 e. The van der Waals surface area contributed by atoms with Gasteiger partial charge in [0.15, 0.2) is 11.5 Å². The Kier molecular flexibility index (Phi) is 9.05. The third-order valence-electron chi connectivity index (χ3n) is 7.04. The highest BCUT2D eigenvalue weighted by Crippen LogP contribution is 2.37. The van der Waals surface area contributed by atoms with Gasteiger partial charge in [-0.05, 0) is 73.4 Å². The maximum atomic E-state index is 13.6. The Morgan fingerprint density at radius 1 is 1.12 bits per heavy atom. The van der Waals surface area contributed by atoms with Crippen molar-refractivity contribution in [3.05, 3.63) is 97.0 Å². The number of hydrogen-bond donors (Lipinski definition) is 1. The molecule has 212 valence electrons. The molecular weight excluding hydrogens is 610 g/mol. The number of fused-ring (bicyclic) bond motifs is 1. The lowest BCUT2D eigenvalue weighted by Crippen LogP contribution is -2.25. The van der Waals surface area contributed by atoms with Crippen LogP contribution in [0.15, 0.2) is 69.0 Å². The van der Waals surface area contributed by atoms with E-state index in [9.17, 15) is 9.59 Å². The van der Waals surface area contributed by atoms with Crippen LogP contribution >= 0.6 is 27.5 Å². The van der Waals surface area contributed by atoms with Gasteiger partial charge in [-0.15, -0.1) is 0 Å². The molecule has 1 saturated carbocycles. The van der Waals surface area contributed by atoms with Crippen molar-refractivity contribution in [3.8, 4) is 11.5 Å². The van der Waals surface area contributed by atoms with Gasteiger partial charge in [0.1, 0.15) is 12.4 Å². The molecule has 0 atom stereocenters. The van der Waals surface area contributed by atoms with Gasteiger partial charge in [-0.2, -0.15) is 9.78 Å². The number of ether oxygens (including phenoxy) is 2. The number of carbonyl (C=O) groups is 1. The molecule has 1 N–H and O–H groups in total. The molecule has 0 amide bonds. The van der Waals surface area contributed by atoms with E-state index in [-0.39, 0.29) is 23.6 Å². The maximum Gasteiger partial charge on any atom is 0.335 e. The molecule has 0 saturated heterocycles. The van der Waals surface area contributed by atoms with Gasteiger partial charge in [-0.1, -0.05) is 58.9 Å². The first-order valence-corrected chi connectivity index (χ1v) is 14.7. The van der Waals surface area contributed by atoms with E-state index >= 15 is 0 Å². The molecule has 41 heavy (non-hydrogen) atoms. The Morgan fingerprint density at radius 2 is 1.88 bits per heavy atom. The number of carboxylic acids is 1. The fourth-order valence-corrected chi connectivity index (χ4v) is 5.63. The highest BCUT2D eigenvalue weighted by molar-refractivity contribution is 9.10. The van der Waals surface area contributed by atoms with Crippen molar-refractivity contribution in [3.63, 3.8) is 0 Å². The van der Waals surface area contributed by atoms with Crippen molar-refractivity contribution in [2.75, 3.05) is 6.61 Å². The van der Waals surface area contributed by atoms with E-state index in [0.29, 0.717) is 45.4 Å². The molecule has 3 aromatic carbocycles. The van der Waals surface area contributed by atoms with Gasteiger partial charge in [-0.25, -0.2) is 9.78 Å². The Balaban J connectivity index is 1.47. The van der Waals surface area contributed by atoms with Gasteiger partial charge in [0.25, 0.3) is 5.56 Å². The van der Waals surface area contributed by atoms with Crippen molar-refractivity contribution in [2.24, 2.45) is 5.10 Å². The molecule has 1 heterocycles. The first-order chi connectivity index (χ1) is 19.8. The quantitative estimate of drug-likeness (QED) is 0.192. The molecule has 1 aliphatic carbocycles. The van der Waals surface area contributed by atoms with Crippen molar-refractivity contribution >= 4 is 50.6 Å². The topological polar surface area (TPSA) is 103 Å². The second kappa shape index (κ2) is 12.9. The Morgan fingerprint density at radius 3 is 2.59 bits per heavy atom. The molecule has 0 radical (unpaired) electrons. The average molecular weight is 639 g/mol. The zero-order valence-corrected chi connectivity index (χ0v) is 24.8. The summed E-state index contributed by atoms with van der Waals surface area (Å²) >= 11 is 10.1. The molecule has 1 aromatic heterocycles. The summed E-state index contributed by atoms with van der Waals surface area (Å²) in [5, 5.41) is 14.5. The van der Waals surface area contributed by atoms with Gasteiger partial charge in [0.05, 0.1) is 34.3 Å². The zero-order valence-electron chi connectivity index (χ0n) is 22.5. The summed E-state index contributed by atoms with van der Waals surface area (Å²) in [5.74, 6) is 0.640. The fourth-order valence-electron chi connectivity index (χ4n) is 4.99. The summed E-state index contributed by atoms with van der Waals surface area (Å²) in [5.41, 5.74) is 2.05. The van der Waals surface area contributed by atoms with Crippen LogP contribution in [0.25, 0.3) is 10.9 Å². The van der Waals surface area contributed by atoms with Crippen molar-refractivity contribution in [2.45, 2.75) is 51.6 Å². The van der Waals surface area contributed by atoms with E-state index in [2.05, 4.69) is 21.0 Å². The number of carboxylic acid groups (broad SMARTS) is 1. The molecule has 0 bridgehead atoms. The predicted octanol–water partition coefficient (Wildman–Crippen LogP) is 7.42. The highest BCUT2D eigenvalue weighted by Gasteiger charge is 2.23. The minimum atomic E-state index is -0.989.